The summed E-state index contributed by atoms with van der Waals surface area (Å²) in [4.78, 5) is 14.1. The van der Waals surface area contributed by atoms with Crippen LogP contribution in [0.4, 0.5) is 0 Å². The number of aromatic amines is 1. The molecule has 0 saturated heterocycles. The van der Waals surface area contributed by atoms with Crippen molar-refractivity contribution in [3.8, 4) is 6.07 Å². The van der Waals surface area contributed by atoms with E-state index in [0.29, 0.717) is 5.92 Å². The standard InChI is InChI=1S/C11H14N2O/c1-7(2)4-9-5-8(3)10(6-12)11(14)13-9/h5,7H,4H2,1-3H3,(H,13,14). The molecule has 1 heterocycles. The first-order chi connectivity index (χ1) is 6.54. The van der Waals surface area contributed by atoms with Crippen molar-refractivity contribution in [3.63, 3.8) is 0 Å². The first-order valence-corrected chi connectivity index (χ1v) is 4.67. The third-order valence-electron chi connectivity index (χ3n) is 2.03. The SMILES string of the molecule is Cc1cc(CC(C)C)[nH]c(=O)c1C#N. The van der Waals surface area contributed by atoms with Gasteiger partial charge in [0, 0.05) is 5.69 Å². The molecule has 74 valence electrons. The molecule has 1 aromatic rings. The van der Waals surface area contributed by atoms with E-state index in [1.165, 1.54) is 0 Å². The Morgan fingerprint density at radius 1 is 1.57 bits per heavy atom. The molecule has 0 saturated carbocycles. The first-order valence-electron chi connectivity index (χ1n) is 4.67. The number of aromatic nitrogens is 1. The number of hydrogen-bond acceptors (Lipinski definition) is 2. The predicted octanol–water partition coefficient (Wildman–Crippen LogP) is 1.75. The highest BCUT2D eigenvalue weighted by atomic mass is 16.1. The molecular formula is C11H14N2O. The number of rotatable bonds is 2. The van der Waals surface area contributed by atoms with Gasteiger partial charge in [0.1, 0.15) is 11.6 Å². The molecular weight excluding hydrogens is 176 g/mol. The molecule has 0 bridgehead atoms. The van der Waals surface area contributed by atoms with Gasteiger partial charge in [-0.3, -0.25) is 4.79 Å². The molecule has 14 heavy (non-hydrogen) atoms. The van der Waals surface area contributed by atoms with Crippen LogP contribution in [0.5, 0.6) is 0 Å². The Balaban J connectivity index is 3.16. The summed E-state index contributed by atoms with van der Waals surface area (Å²) < 4.78 is 0. The Bertz CT molecular complexity index is 424. The van der Waals surface area contributed by atoms with Gasteiger partial charge in [0.05, 0.1) is 0 Å². The van der Waals surface area contributed by atoms with Crippen molar-refractivity contribution in [2.24, 2.45) is 5.92 Å². The van der Waals surface area contributed by atoms with Gasteiger partial charge >= 0.3 is 0 Å². The number of nitrogens with one attached hydrogen (secondary N) is 1. The average molecular weight is 190 g/mol. The van der Waals surface area contributed by atoms with E-state index in [1.807, 2.05) is 12.1 Å². The molecule has 0 radical (unpaired) electrons. The first kappa shape index (κ1) is 10.5. The highest BCUT2D eigenvalue weighted by Crippen LogP contribution is 2.07. The molecule has 0 aliphatic carbocycles. The second kappa shape index (κ2) is 4.10. The van der Waals surface area contributed by atoms with Crippen LogP contribution in [0.1, 0.15) is 30.7 Å². The molecule has 0 aliphatic heterocycles. The summed E-state index contributed by atoms with van der Waals surface area (Å²) >= 11 is 0. The van der Waals surface area contributed by atoms with E-state index in [4.69, 9.17) is 5.26 Å². The lowest BCUT2D eigenvalue weighted by Gasteiger charge is -2.06. The van der Waals surface area contributed by atoms with E-state index in [2.05, 4.69) is 18.8 Å². The van der Waals surface area contributed by atoms with Crippen molar-refractivity contribution >= 4 is 0 Å². The number of hydrogen-bond donors (Lipinski definition) is 1. The smallest absolute Gasteiger partial charge is 0.266 e. The molecule has 1 aromatic heterocycles. The lowest BCUT2D eigenvalue weighted by atomic mass is 10.0. The molecule has 1 rings (SSSR count). The Morgan fingerprint density at radius 2 is 2.21 bits per heavy atom. The zero-order valence-corrected chi connectivity index (χ0v) is 8.72. The zero-order chi connectivity index (χ0) is 10.7. The van der Waals surface area contributed by atoms with E-state index < -0.39 is 0 Å². The summed E-state index contributed by atoms with van der Waals surface area (Å²) in [6.07, 6.45) is 0.835. The third kappa shape index (κ3) is 2.23. The maximum absolute atomic E-state index is 11.4. The lowest BCUT2D eigenvalue weighted by molar-refractivity contribution is 0.633. The molecule has 1 N–H and O–H groups in total. The fourth-order valence-electron chi connectivity index (χ4n) is 1.45. The minimum absolute atomic E-state index is 0.220. The highest BCUT2D eigenvalue weighted by molar-refractivity contribution is 5.35. The van der Waals surface area contributed by atoms with Crippen LogP contribution < -0.4 is 5.56 Å². The lowest BCUT2D eigenvalue weighted by Crippen LogP contribution is -2.15. The van der Waals surface area contributed by atoms with Crippen molar-refractivity contribution in [2.45, 2.75) is 27.2 Å². The fourth-order valence-corrected chi connectivity index (χ4v) is 1.45. The van der Waals surface area contributed by atoms with Gasteiger partial charge in [0.15, 0.2) is 0 Å². The second-order valence-electron chi connectivity index (χ2n) is 3.89. The largest absolute Gasteiger partial charge is 0.325 e. The second-order valence-corrected chi connectivity index (χ2v) is 3.89. The van der Waals surface area contributed by atoms with E-state index in [0.717, 1.165) is 17.7 Å². The van der Waals surface area contributed by atoms with Gasteiger partial charge in [0.2, 0.25) is 0 Å². The van der Waals surface area contributed by atoms with Crippen molar-refractivity contribution in [3.05, 3.63) is 33.2 Å². The van der Waals surface area contributed by atoms with E-state index in [9.17, 15) is 4.79 Å². The summed E-state index contributed by atoms with van der Waals surface area (Å²) in [5.74, 6) is 0.498. The van der Waals surface area contributed by atoms with Crippen molar-refractivity contribution in [1.82, 2.24) is 4.98 Å². The summed E-state index contributed by atoms with van der Waals surface area (Å²) in [5.41, 5.74) is 1.61. The average Bonchev–Trinajstić information content (AvgIpc) is 2.01. The van der Waals surface area contributed by atoms with Crippen LogP contribution in [-0.2, 0) is 6.42 Å². The van der Waals surface area contributed by atoms with Crippen LogP contribution in [0.2, 0.25) is 0 Å². The molecule has 0 fully saturated rings. The van der Waals surface area contributed by atoms with Crippen LogP contribution in [0.15, 0.2) is 10.9 Å². The van der Waals surface area contributed by atoms with Crippen molar-refractivity contribution in [2.75, 3.05) is 0 Å². The van der Waals surface area contributed by atoms with Crippen LogP contribution in [0.25, 0.3) is 0 Å². The quantitative estimate of drug-likeness (QED) is 0.772. The highest BCUT2D eigenvalue weighted by Gasteiger charge is 2.06. The summed E-state index contributed by atoms with van der Waals surface area (Å²) in [6, 6.07) is 3.78. The number of H-pyrrole nitrogens is 1. The zero-order valence-electron chi connectivity index (χ0n) is 8.72. The predicted molar refractivity (Wildman–Crippen MR) is 55.1 cm³/mol. The van der Waals surface area contributed by atoms with E-state index >= 15 is 0 Å². The fraction of sp³-hybridized carbons (Fsp3) is 0.455. The summed E-state index contributed by atoms with van der Waals surface area (Å²) in [5, 5.41) is 8.70. The van der Waals surface area contributed by atoms with Crippen molar-refractivity contribution < 1.29 is 0 Å². The van der Waals surface area contributed by atoms with Crippen molar-refractivity contribution in [1.29, 1.82) is 5.26 Å². The minimum Gasteiger partial charge on any atom is -0.325 e. The maximum Gasteiger partial charge on any atom is 0.266 e. The molecule has 0 spiro atoms. The molecule has 3 heteroatoms. The van der Waals surface area contributed by atoms with Gasteiger partial charge in [0.25, 0.3) is 5.56 Å². The minimum atomic E-state index is -0.275. The Kier molecular flexibility index (Phi) is 3.08. The van der Waals surface area contributed by atoms with Gasteiger partial charge in [-0.25, -0.2) is 0 Å². The Hall–Kier alpha value is -1.56. The van der Waals surface area contributed by atoms with Gasteiger partial charge in [-0.05, 0) is 30.9 Å². The summed E-state index contributed by atoms with van der Waals surface area (Å²) in [6.45, 7) is 5.97. The third-order valence-corrected chi connectivity index (χ3v) is 2.03. The monoisotopic (exact) mass is 190 g/mol. The van der Waals surface area contributed by atoms with Gasteiger partial charge in [-0.2, -0.15) is 5.26 Å². The van der Waals surface area contributed by atoms with Crippen LogP contribution in [0.3, 0.4) is 0 Å². The molecule has 0 amide bonds. The Morgan fingerprint density at radius 3 is 2.64 bits per heavy atom. The van der Waals surface area contributed by atoms with E-state index in [1.54, 1.807) is 6.92 Å². The Labute approximate surface area is 83.4 Å². The van der Waals surface area contributed by atoms with E-state index in [-0.39, 0.29) is 11.1 Å². The van der Waals surface area contributed by atoms with Crippen LogP contribution in [0, 0.1) is 24.2 Å². The molecule has 0 unspecified atom stereocenters. The van der Waals surface area contributed by atoms with Crippen LogP contribution in [-0.4, -0.2) is 4.98 Å². The normalized spacial score (nSPS) is 10.2. The topological polar surface area (TPSA) is 56.6 Å². The molecule has 3 nitrogen and oxygen atoms in total. The molecule has 0 aromatic carbocycles. The van der Waals surface area contributed by atoms with Gasteiger partial charge in [-0.1, -0.05) is 13.8 Å². The number of aryl methyl sites for hydroxylation is 1. The summed E-state index contributed by atoms with van der Waals surface area (Å²) in [7, 11) is 0. The molecule has 0 atom stereocenters. The maximum atomic E-state index is 11.4. The number of nitriles is 1. The van der Waals surface area contributed by atoms with Gasteiger partial charge < -0.3 is 4.98 Å². The van der Waals surface area contributed by atoms with Crippen LogP contribution >= 0.6 is 0 Å². The van der Waals surface area contributed by atoms with Gasteiger partial charge in [-0.15, -0.1) is 0 Å². The molecule has 0 aliphatic rings. The number of nitrogens with zero attached hydrogens (tertiary/aromatic N) is 1. The number of pyridine rings is 1.